The van der Waals surface area contributed by atoms with Gasteiger partial charge in [-0.25, -0.2) is 0 Å². The lowest BCUT2D eigenvalue weighted by Crippen LogP contribution is -2.40. The van der Waals surface area contributed by atoms with Gasteiger partial charge in [-0.1, -0.05) is 24.4 Å². The van der Waals surface area contributed by atoms with Crippen molar-refractivity contribution in [2.24, 2.45) is 11.8 Å². The Kier molecular flexibility index (Phi) is 7.60. The van der Waals surface area contributed by atoms with Crippen molar-refractivity contribution < 1.29 is 14.3 Å². The molecule has 1 saturated carbocycles. The normalized spacial score (nSPS) is 20.2. The molecule has 1 heterocycles. The summed E-state index contributed by atoms with van der Waals surface area (Å²) >= 11 is 6.02. The summed E-state index contributed by atoms with van der Waals surface area (Å²) in [5.74, 6) is 1.85. The van der Waals surface area contributed by atoms with E-state index >= 15 is 0 Å². The molecular formula is C22H31ClN2O3. The van der Waals surface area contributed by atoms with Crippen LogP contribution in [-0.2, 0) is 9.59 Å². The number of carbonyl (C=O) groups excluding carboxylic acids is 2. The molecule has 1 aromatic rings. The molecule has 6 heteroatoms. The maximum absolute atomic E-state index is 12.6. The lowest BCUT2D eigenvalue weighted by molar-refractivity contribution is -0.134. The molecule has 2 fully saturated rings. The standard InChI is InChI=1S/C22H31ClN2O3/c1-28-20-10-9-18(23)14-19(20)24-21(26)11-8-17-7-4-12-25(15-17)22(27)13-16-5-2-3-6-16/h9-10,14,16-17H,2-8,11-13,15H2,1H3,(H,24,26)/t17-/m1/s1. The number of nitrogens with zero attached hydrogens (tertiary/aromatic N) is 1. The van der Waals surface area contributed by atoms with Crippen molar-refractivity contribution in [3.05, 3.63) is 23.2 Å². The van der Waals surface area contributed by atoms with Crippen LogP contribution < -0.4 is 10.1 Å². The zero-order valence-corrected chi connectivity index (χ0v) is 17.5. The first kappa shape index (κ1) is 21.0. The Morgan fingerprint density at radius 2 is 1.93 bits per heavy atom. The Morgan fingerprint density at radius 3 is 2.68 bits per heavy atom. The minimum absolute atomic E-state index is 0.0463. The van der Waals surface area contributed by atoms with Crippen LogP contribution in [0, 0.1) is 11.8 Å². The van der Waals surface area contributed by atoms with Gasteiger partial charge in [0.25, 0.3) is 0 Å². The van der Waals surface area contributed by atoms with E-state index in [9.17, 15) is 9.59 Å². The summed E-state index contributed by atoms with van der Waals surface area (Å²) < 4.78 is 5.27. The molecule has 1 N–H and O–H groups in total. The van der Waals surface area contributed by atoms with Gasteiger partial charge in [0.05, 0.1) is 12.8 Å². The zero-order chi connectivity index (χ0) is 19.9. The molecule has 2 amide bonds. The third-order valence-electron chi connectivity index (χ3n) is 6.02. The highest BCUT2D eigenvalue weighted by Crippen LogP contribution is 2.30. The Morgan fingerprint density at radius 1 is 1.18 bits per heavy atom. The molecule has 1 aromatic carbocycles. The van der Waals surface area contributed by atoms with Gasteiger partial charge in [0.2, 0.25) is 11.8 Å². The predicted molar refractivity (Wildman–Crippen MR) is 112 cm³/mol. The largest absolute Gasteiger partial charge is 0.495 e. The number of hydrogen-bond donors (Lipinski definition) is 1. The molecule has 1 atom stereocenters. The topological polar surface area (TPSA) is 58.6 Å². The highest BCUT2D eigenvalue weighted by Gasteiger charge is 2.27. The number of methoxy groups -OCH3 is 1. The van der Waals surface area contributed by atoms with Gasteiger partial charge >= 0.3 is 0 Å². The fraction of sp³-hybridized carbons (Fsp3) is 0.636. The quantitative estimate of drug-likeness (QED) is 0.701. The molecular weight excluding hydrogens is 376 g/mol. The van der Waals surface area contributed by atoms with Gasteiger partial charge < -0.3 is 15.0 Å². The molecule has 0 aromatic heterocycles. The van der Waals surface area contributed by atoms with Crippen LogP contribution in [0.3, 0.4) is 0 Å². The Bertz CT molecular complexity index is 688. The van der Waals surface area contributed by atoms with Crippen LogP contribution >= 0.6 is 11.6 Å². The molecule has 0 bridgehead atoms. The molecule has 2 aliphatic rings. The van der Waals surface area contributed by atoms with Crippen LogP contribution in [0.25, 0.3) is 0 Å². The second-order valence-corrected chi connectivity index (χ2v) is 8.57. The molecule has 154 valence electrons. The van der Waals surface area contributed by atoms with Crippen molar-refractivity contribution >= 4 is 29.1 Å². The SMILES string of the molecule is COc1ccc(Cl)cc1NC(=O)CC[C@H]1CCCN(C(=O)CC2CCCC2)C1. The van der Waals surface area contributed by atoms with Crippen LogP contribution in [0.2, 0.25) is 5.02 Å². The molecule has 1 saturated heterocycles. The maximum atomic E-state index is 12.6. The van der Waals surface area contributed by atoms with Crippen molar-refractivity contribution in [1.29, 1.82) is 0 Å². The summed E-state index contributed by atoms with van der Waals surface area (Å²) in [7, 11) is 1.57. The van der Waals surface area contributed by atoms with E-state index in [2.05, 4.69) is 5.32 Å². The van der Waals surface area contributed by atoms with Gasteiger partial charge in [0.1, 0.15) is 5.75 Å². The molecule has 28 heavy (non-hydrogen) atoms. The third kappa shape index (κ3) is 5.87. The summed E-state index contributed by atoms with van der Waals surface area (Å²) in [6, 6.07) is 5.17. The minimum atomic E-state index is -0.0463. The van der Waals surface area contributed by atoms with Crippen LogP contribution in [0.1, 0.15) is 57.8 Å². The summed E-state index contributed by atoms with van der Waals surface area (Å²) in [6.07, 6.45) is 9.01. The highest BCUT2D eigenvalue weighted by molar-refractivity contribution is 6.31. The average molecular weight is 407 g/mol. The van der Waals surface area contributed by atoms with Gasteiger partial charge in [0, 0.05) is 31.0 Å². The summed E-state index contributed by atoms with van der Waals surface area (Å²) in [5.41, 5.74) is 0.594. The number of hydrogen-bond acceptors (Lipinski definition) is 3. The van der Waals surface area contributed by atoms with Gasteiger partial charge in [-0.05, 0) is 62.1 Å². The monoisotopic (exact) mass is 406 g/mol. The molecule has 0 spiro atoms. The Labute approximate surface area is 172 Å². The number of likely N-dealkylation sites (tertiary alicyclic amines) is 1. The molecule has 1 aliphatic carbocycles. The van der Waals surface area contributed by atoms with Crippen LogP contribution in [0.4, 0.5) is 5.69 Å². The maximum Gasteiger partial charge on any atom is 0.224 e. The molecule has 5 nitrogen and oxygen atoms in total. The van der Waals surface area contributed by atoms with E-state index in [1.807, 2.05) is 4.90 Å². The van der Waals surface area contributed by atoms with Crippen LogP contribution in [-0.4, -0.2) is 36.9 Å². The second kappa shape index (κ2) is 10.1. The summed E-state index contributed by atoms with van der Waals surface area (Å²) in [5, 5.41) is 3.45. The average Bonchev–Trinajstić information content (AvgIpc) is 3.20. The second-order valence-electron chi connectivity index (χ2n) is 8.13. The van der Waals surface area contributed by atoms with Crippen LogP contribution in [0.5, 0.6) is 5.75 Å². The van der Waals surface area contributed by atoms with Gasteiger partial charge in [-0.3, -0.25) is 9.59 Å². The molecule has 0 radical (unpaired) electrons. The van der Waals surface area contributed by atoms with E-state index < -0.39 is 0 Å². The fourth-order valence-electron chi connectivity index (χ4n) is 4.44. The van der Waals surface area contributed by atoms with E-state index in [0.29, 0.717) is 47.0 Å². The predicted octanol–water partition coefficient (Wildman–Crippen LogP) is 4.89. The number of amides is 2. The lowest BCUT2D eigenvalue weighted by Gasteiger charge is -2.33. The number of ether oxygens (including phenoxy) is 1. The van der Waals surface area contributed by atoms with Crippen molar-refractivity contribution in [3.8, 4) is 5.75 Å². The minimum Gasteiger partial charge on any atom is -0.495 e. The van der Waals surface area contributed by atoms with Gasteiger partial charge in [-0.15, -0.1) is 0 Å². The smallest absolute Gasteiger partial charge is 0.224 e. The number of benzene rings is 1. The summed E-state index contributed by atoms with van der Waals surface area (Å²) in [4.78, 5) is 27.0. The lowest BCUT2D eigenvalue weighted by atomic mass is 9.92. The molecule has 1 aliphatic heterocycles. The van der Waals surface area contributed by atoms with Crippen molar-refractivity contribution in [2.75, 3.05) is 25.5 Å². The Balaban J connectivity index is 1.45. The number of halogens is 1. The first-order chi connectivity index (χ1) is 13.5. The van der Waals surface area contributed by atoms with Crippen LogP contribution in [0.15, 0.2) is 18.2 Å². The third-order valence-corrected chi connectivity index (χ3v) is 6.26. The number of carbonyl (C=O) groups is 2. The van der Waals surface area contributed by atoms with Crippen molar-refractivity contribution in [1.82, 2.24) is 4.90 Å². The van der Waals surface area contributed by atoms with E-state index in [1.165, 1.54) is 25.7 Å². The van der Waals surface area contributed by atoms with Crippen molar-refractivity contribution in [2.45, 2.75) is 57.8 Å². The summed E-state index contributed by atoms with van der Waals surface area (Å²) in [6.45, 7) is 1.66. The highest BCUT2D eigenvalue weighted by atomic mass is 35.5. The van der Waals surface area contributed by atoms with Gasteiger partial charge in [-0.2, -0.15) is 0 Å². The van der Waals surface area contributed by atoms with E-state index in [0.717, 1.165) is 32.4 Å². The molecule has 0 unspecified atom stereocenters. The number of nitrogens with one attached hydrogen (secondary N) is 1. The number of rotatable bonds is 7. The number of piperidine rings is 1. The molecule has 3 rings (SSSR count). The van der Waals surface area contributed by atoms with E-state index in [4.69, 9.17) is 16.3 Å². The zero-order valence-electron chi connectivity index (χ0n) is 16.7. The first-order valence-corrected chi connectivity index (χ1v) is 10.8. The number of anilines is 1. The van der Waals surface area contributed by atoms with E-state index in [1.54, 1.807) is 25.3 Å². The Hall–Kier alpha value is -1.75. The van der Waals surface area contributed by atoms with Gasteiger partial charge in [0.15, 0.2) is 0 Å². The first-order valence-electron chi connectivity index (χ1n) is 10.5. The van der Waals surface area contributed by atoms with Crippen molar-refractivity contribution in [3.63, 3.8) is 0 Å². The fourth-order valence-corrected chi connectivity index (χ4v) is 4.62. The van der Waals surface area contributed by atoms with E-state index in [-0.39, 0.29) is 5.91 Å².